The van der Waals surface area contributed by atoms with E-state index in [9.17, 15) is 0 Å². The molecule has 2 aliphatic rings. The molecule has 6 heteroatoms. The molecule has 132 valence electrons. The molecule has 2 atom stereocenters. The van der Waals surface area contributed by atoms with Gasteiger partial charge in [-0.15, -0.1) is 0 Å². The summed E-state index contributed by atoms with van der Waals surface area (Å²) in [6, 6.07) is 3.87. The fourth-order valence-electron chi connectivity index (χ4n) is 3.94. The maximum absolute atomic E-state index is 5.86. The number of rotatable bonds is 6. The molecule has 2 aromatic heterocycles. The molecule has 1 aliphatic heterocycles. The van der Waals surface area contributed by atoms with Gasteiger partial charge in [-0.25, -0.2) is 9.97 Å². The lowest BCUT2D eigenvalue weighted by atomic mass is 9.90. The smallest absolute Gasteiger partial charge is 0.225 e. The molecule has 2 aromatic rings. The first-order valence-corrected chi connectivity index (χ1v) is 9.43. The number of pyridine rings is 1. The highest BCUT2D eigenvalue weighted by molar-refractivity contribution is 6.30. The Balaban J connectivity index is 1.18. The van der Waals surface area contributed by atoms with Crippen molar-refractivity contribution in [3.05, 3.63) is 41.9 Å². The van der Waals surface area contributed by atoms with E-state index >= 15 is 0 Å². The molecule has 0 aromatic carbocycles. The lowest BCUT2D eigenvalue weighted by molar-refractivity contribution is 0.283. The van der Waals surface area contributed by atoms with Gasteiger partial charge >= 0.3 is 0 Å². The number of anilines is 1. The van der Waals surface area contributed by atoms with Crippen LogP contribution in [0.5, 0.6) is 5.75 Å². The summed E-state index contributed by atoms with van der Waals surface area (Å²) in [6.07, 6.45) is 11.9. The van der Waals surface area contributed by atoms with Crippen molar-refractivity contribution in [2.75, 3.05) is 24.6 Å². The summed E-state index contributed by atoms with van der Waals surface area (Å²) >= 11 is 5.86. The third kappa shape index (κ3) is 4.21. The summed E-state index contributed by atoms with van der Waals surface area (Å²) in [5.41, 5.74) is 0. The molecule has 5 nitrogen and oxygen atoms in total. The fraction of sp³-hybridized carbons (Fsp3) is 0.526. The Morgan fingerprint density at radius 1 is 1.16 bits per heavy atom. The first-order chi connectivity index (χ1) is 12.3. The Bertz CT molecular complexity index is 674. The van der Waals surface area contributed by atoms with Crippen LogP contribution >= 0.6 is 11.6 Å². The summed E-state index contributed by atoms with van der Waals surface area (Å²) in [5, 5.41) is 0.591. The molecule has 3 heterocycles. The first-order valence-electron chi connectivity index (χ1n) is 9.05. The van der Waals surface area contributed by atoms with E-state index in [-0.39, 0.29) is 0 Å². The van der Waals surface area contributed by atoms with Crippen LogP contribution in [0.3, 0.4) is 0 Å². The molecular weight excluding hydrogens is 336 g/mol. The molecular formula is C19H23ClN4O. The van der Waals surface area contributed by atoms with E-state index in [1.54, 1.807) is 24.8 Å². The summed E-state index contributed by atoms with van der Waals surface area (Å²) in [6.45, 7) is 2.88. The van der Waals surface area contributed by atoms with Crippen LogP contribution in [-0.4, -0.2) is 34.6 Å². The van der Waals surface area contributed by atoms with Gasteiger partial charge in [0.1, 0.15) is 5.75 Å². The Kier molecular flexibility index (Phi) is 5.02. The van der Waals surface area contributed by atoms with Crippen molar-refractivity contribution >= 4 is 17.5 Å². The third-order valence-electron chi connectivity index (χ3n) is 5.40. The highest BCUT2D eigenvalue weighted by Crippen LogP contribution is 2.49. The van der Waals surface area contributed by atoms with Crippen molar-refractivity contribution in [1.29, 1.82) is 0 Å². The second kappa shape index (κ2) is 7.56. The standard InChI is InChI=1S/C19H23ClN4O/c20-16-11-22-19(23-12-16)24-7-3-14(4-8-24)18-10-15(18)5-9-25-17-2-1-6-21-13-17/h1-2,6,11-15,18H,3-5,7-10H2/t15-,18-/m0/s1. The number of hydrogen-bond donors (Lipinski definition) is 0. The van der Waals surface area contributed by atoms with E-state index in [4.69, 9.17) is 16.3 Å². The van der Waals surface area contributed by atoms with Crippen LogP contribution in [-0.2, 0) is 0 Å². The average Bonchev–Trinajstić information content (AvgIpc) is 3.43. The van der Waals surface area contributed by atoms with Gasteiger partial charge in [0.25, 0.3) is 0 Å². The maximum atomic E-state index is 5.86. The highest BCUT2D eigenvalue weighted by atomic mass is 35.5. The Labute approximate surface area is 153 Å². The lowest BCUT2D eigenvalue weighted by Crippen LogP contribution is -2.35. The van der Waals surface area contributed by atoms with Gasteiger partial charge < -0.3 is 9.64 Å². The van der Waals surface area contributed by atoms with Gasteiger partial charge in [-0.2, -0.15) is 0 Å². The average molecular weight is 359 g/mol. The minimum atomic E-state index is 0.591. The second-order valence-corrected chi connectivity index (χ2v) is 7.45. The van der Waals surface area contributed by atoms with Gasteiger partial charge in [0, 0.05) is 19.3 Å². The maximum Gasteiger partial charge on any atom is 0.225 e. The van der Waals surface area contributed by atoms with Crippen LogP contribution in [0, 0.1) is 17.8 Å². The Morgan fingerprint density at radius 3 is 2.68 bits per heavy atom. The van der Waals surface area contributed by atoms with Gasteiger partial charge in [0.15, 0.2) is 0 Å². The molecule has 0 unspecified atom stereocenters. The number of aromatic nitrogens is 3. The van der Waals surface area contributed by atoms with E-state index in [1.165, 1.54) is 19.3 Å². The van der Waals surface area contributed by atoms with Crippen molar-refractivity contribution in [1.82, 2.24) is 15.0 Å². The Morgan fingerprint density at radius 2 is 1.96 bits per heavy atom. The zero-order chi connectivity index (χ0) is 17.1. The predicted octanol–water partition coefficient (Wildman–Crippen LogP) is 3.85. The van der Waals surface area contributed by atoms with E-state index < -0.39 is 0 Å². The van der Waals surface area contributed by atoms with Crippen LogP contribution in [0.15, 0.2) is 36.9 Å². The third-order valence-corrected chi connectivity index (χ3v) is 5.60. The van der Waals surface area contributed by atoms with Crippen LogP contribution in [0.25, 0.3) is 0 Å². The predicted molar refractivity (Wildman–Crippen MR) is 97.9 cm³/mol. The van der Waals surface area contributed by atoms with Gasteiger partial charge in [-0.3, -0.25) is 4.98 Å². The molecule has 0 amide bonds. The van der Waals surface area contributed by atoms with Gasteiger partial charge in [0.05, 0.1) is 30.2 Å². The summed E-state index contributed by atoms with van der Waals surface area (Å²) in [5.74, 6) is 4.23. The van der Waals surface area contributed by atoms with E-state index in [1.807, 2.05) is 12.1 Å². The van der Waals surface area contributed by atoms with Crippen molar-refractivity contribution in [3.8, 4) is 5.75 Å². The molecule has 25 heavy (non-hydrogen) atoms. The largest absolute Gasteiger partial charge is 0.492 e. The summed E-state index contributed by atoms with van der Waals surface area (Å²) < 4.78 is 5.78. The molecule has 2 fully saturated rings. The lowest BCUT2D eigenvalue weighted by Gasteiger charge is -2.32. The van der Waals surface area contributed by atoms with Crippen LogP contribution in [0.4, 0.5) is 5.95 Å². The molecule has 1 saturated carbocycles. The molecule has 1 saturated heterocycles. The molecule has 0 bridgehead atoms. The van der Waals surface area contributed by atoms with Crippen molar-refractivity contribution in [3.63, 3.8) is 0 Å². The van der Waals surface area contributed by atoms with Crippen molar-refractivity contribution in [2.24, 2.45) is 17.8 Å². The normalized spacial score (nSPS) is 23.5. The van der Waals surface area contributed by atoms with E-state index in [0.717, 1.165) is 55.6 Å². The van der Waals surface area contributed by atoms with Crippen LogP contribution < -0.4 is 9.64 Å². The van der Waals surface area contributed by atoms with E-state index in [2.05, 4.69) is 19.9 Å². The van der Waals surface area contributed by atoms with Crippen molar-refractivity contribution in [2.45, 2.75) is 25.7 Å². The summed E-state index contributed by atoms with van der Waals surface area (Å²) in [4.78, 5) is 15.0. The van der Waals surface area contributed by atoms with E-state index in [0.29, 0.717) is 5.02 Å². The molecule has 0 N–H and O–H groups in total. The van der Waals surface area contributed by atoms with Crippen LogP contribution in [0.1, 0.15) is 25.7 Å². The van der Waals surface area contributed by atoms with Crippen molar-refractivity contribution < 1.29 is 4.74 Å². The molecule has 4 rings (SSSR count). The van der Waals surface area contributed by atoms with Crippen LogP contribution in [0.2, 0.25) is 5.02 Å². The van der Waals surface area contributed by atoms with Gasteiger partial charge in [0.2, 0.25) is 5.95 Å². The molecule has 0 spiro atoms. The SMILES string of the molecule is Clc1cnc(N2CCC([C@@H]3C[C@@H]3CCOc3cccnc3)CC2)nc1. The molecule has 0 radical (unpaired) electrons. The molecule has 1 aliphatic carbocycles. The number of ether oxygens (including phenoxy) is 1. The zero-order valence-electron chi connectivity index (χ0n) is 14.2. The monoisotopic (exact) mass is 358 g/mol. The second-order valence-electron chi connectivity index (χ2n) is 7.01. The zero-order valence-corrected chi connectivity index (χ0v) is 15.0. The topological polar surface area (TPSA) is 51.1 Å². The van der Waals surface area contributed by atoms with Gasteiger partial charge in [-0.05, 0) is 55.6 Å². The Hall–Kier alpha value is -1.88. The first kappa shape index (κ1) is 16.6. The number of nitrogens with zero attached hydrogens (tertiary/aromatic N) is 4. The summed E-state index contributed by atoms with van der Waals surface area (Å²) in [7, 11) is 0. The minimum absolute atomic E-state index is 0.591. The fourth-order valence-corrected chi connectivity index (χ4v) is 4.03. The minimum Gasteiger partial charge on any atom is -0.492 e. The number of halogens is 1. The highest BCUT2D eigenvalue weighted by Gasteiger charge is 2.43. The number of piperidine rings is 1. The number of hydrogen-bond acceptors (Lipinski definition) is 5. The van der Waals surface area contributed by atoms with Gasteiger partial charge in [-0.1, -0.05) is 11.6 Å². The quantitative estimate of drug-likeness (QED) is 0.785.